The molecule has 1 heterocycles. The molecule has 1 aliphatic heterocycles. The van der Waals surface area contributed by atoms with Crippen LogP contribution in [0.4, 0.5) is 0 Å². The van der Waals surface area contributed by atoms with Crippen molar-refractivity contribution in [2.75, 3.05) is 26.2 Å². The Morgan fingerprint density at radius 2 is 2.38 bits per heavy atom. The van der Waals surface area contributed by atoms with Crippen LogP contribution >= 0.6 is 0 Å². The Morgan fingerprint density at radius 3 is 3.00 bits per heavy atom. The summed E-state index contributed by atoms with van der Waals surface area (Å²) in [7, 11) is 0. The number of piperidine rings is 1. The summed E-state index contributed by atoms with van der Waals surface area (Å²) in [6.07, 6.45) is 3.49. The Balaban J connectivity index is 2.24. The zero-order valence-corrected chi connectivity index (χ0v) is 8.58. The van der Waals surface area contributed by atoms with Crippen molar-refractivity contribution in [1.82, 2.24) is 4.90 Å². The number of rotatable bonds is 4. The SMILES string of the molecule is CC(N)CN1CCCC(CCO)C1. The Hall–Kier alpha value is -0.120. The van der Waals surface area contributed by atoms with Gasteiger partial charge in [0.05, 0.1) is 0 Å². The number of aliphatic hydroxyl groups excluding tert-OH is 1. The minimum Gasteiger partial charge on any atom is -0.396 e. The van der Waals surface area contributed by atoms with Crippen LogP contribution in [0.25, 0.3) is 0 Å². The first-order valence-corrected chi connectivity index (χ1v) is 5.31. The van der Waals surface area contributed by atoms with Gasteiger partial charge in [-0.1, -0.05) is 0 Å². The Labute approximate surface area is 80.9 Å². The van der Waals surface area contributed by atoms with Crippen LogP contribution in [0.3, 0.4) is 0 Å². The van der Waals surface area contributed by atoms with Crippen LogP contribution in [0.1, 0.15) is 26.2 Å². The minimum atomic E-state index is 0.271. The first-order valence-electron chi connectivity index (χ1n) is 5.31. The molecule has 0 aromatic heterocycles. The van der Waals surface area contributed by atoms with Gasteiger partial charge in [-0.15, -0.1) is 0 Å². The van der Waals surface area contributed by atoms with Gasteiger partial charge in [-0.05, 0) is 38.6 Å². The molecular weight excluding hydrogens is 164 g/mol. The minimum absolute atomic E-state index is 0.271. The molecule has 3 N–H and O–H groups in total. The molecule has 0 spiro atoms. The third-order valence-electron chi connectivity index (χ3n) is 2.69. The standard InChI is InChI=1S/C10H22N2O/c1-9(11)7-12-5-2-3-10(8-12)4-6-13/h9-10,13H,2-8,11H2,1H3. The highest BCUT2D eigenvalue weighted by molar-refractivity contribution is 4.74. The molecule has 0 bridgehead atoms. The van der Waals surface area contributed by atoms with E-state index in [1.54, 1.807) is 0 Å². The van der Waals surface area contributed by atoms with E-state index in [2.05, 4.69) is 11.8 Å². The van der Waals surface area contributed by atoms with Crippen LogP contribution in [-0.2, 0) is 0 Å². The largest absolute Gasteiger partial charge is 0.396 e. The van der Waals surface area contributed by atoms with Gasteiger partial charge >= 0.3 is 0 Å². The lowest BCUT2D eigenvalue weighted by molar-refractivity contribution is 0.143. The van der Waals surface area contributed by atoms with Crippen molar-refractivity contribution >= 4 is 0 Å². The average Bonchev–Trinajstić information content (AvgIpc) is 2.04. The van der Waals surface area contributed by atoms with Crippen molar-refractivity contribution in [2.45, 2.75) is 32.2 Å². The van der Waals surface area contributed by atoms with Gasteiger partial charge in [0.1, 0.15) is 0 Å². The van der Waals surface area contributed by atoms with E-state index >= 15 is 0 Å². The van der Waals surface area contributed by atoms with E-state index in [1.807, 2.05) is 0 Å². The van der Waals surface area contributed by atoms with Crippen LogP contribution in [0, 0.1) is 5.92 Å². The maximum atomic E-state index is 8.84. The van der Waals surface area contributed by atoms with E-state index in [1.165, 1.54) is 19.4 Å². The predicted octanol–water partition coefficient (Wildman–Crippen LogP) is 0.428. The smallest absolute Gasteiger partial charge is 0.0434 e. The lowest BCUT2D eigenvalue weighted by atomic mass is 9.95. The molecule has 3 heteroatoms. The summed E-state index contributed by atoms with van der Waals surface area (Å²) in [4.78, 5) is 2.43. The molecule has 2 unspecified atom stereocenters. The quantitative estimate of drug-likeness (QED) is 0.669. The Bertz CT molecular complexity index is 137. The average molecular weight is 186 g/mol. The van der Waals surface area contributed by atoms with Gasteiger partial charge in [-0.2, -0.15) is 0 Å². The molecule has 0 aliphatic carbocycles. The fraction of sp³-hybridized carbons (Fsp3) is 1.00. The van der Waals surface area contributed by atoms with Crippen molar-refractivity contribution in [3.05, 3.63) is 0 Å². The van der Waals surface area contributed by atoms with Crippen molar-refractivity contribution in [2.24, 2.45) is 11.7 Å². The predicted molar refractivity (Wildman–Crippen MR) is 54.5 cm³/mol. The summed E-state index contributed by atoms with van der Waals surface area (Å²) in [5.41, 5.74) is 5.75. The molecule has 1 rings (SSSR count). The second kappa shape index (κ2) is 5.58. The third-order valence-corrected chi connectivity index (χ3v) is 2.69. The molecule has 1 fully saturated rings. The summed E-state index contributed by atoms with van der Waals surface area (Å²) in [6.45, 7) is 5.69. The maximum absolute atomic E-state index is 8.84. The number of hydrogen-bond acceptors (Lipinski definition) is 3. The summed E-state index contributed by atoms with van der Waals surface area (Å²) >= 11 is 0. The number of hydrogen-bond donors (Lipinski definition) is 2. The molecule has 0 amide bonds. The highest BCUT2D eigenvalue weighted by Gasteiger charge is 2.19. The highest BCUT2D eigenvalue weighted by atomic mass is 16.3. The summed E-state index contributed by atoms with van der Waals surface area (Å²) in [5, 5.41) is 8.84. The van der Waals surface area contributed by atoms with E-state index in [0.29, 0.717) is 12.5 Å². The van der Waals surface area contributed by atoms with E-state index in [9.17, 15) is 0 Å². The lowest BCUT2D eigenvalue weighted by Gasteiger charge is -2.33. The molecule has 1 aliphatic rings. The molecule has 13 heavy (non-hydrogen) atoms. The topological polar surface area (TPSA) is 49.5 Å². The zero-order chi connectivity index (χ0) is 9.68. The molecule has 0 radical (unpaired) electrons. The van der Waals surface area contributed by atoms with E-state index in [4.69, 9.17) is 10.8 Å². The summed E-state index contributed by atoms with van der Waals surface area (Å²) in [5.74, 6) is 0.692. The van der Waals surface area contributed by atoms with Crippen LogP contribution < -0.4 is 5.73 Å². The molecule has 3 nitrogen and oxygen atoms in total. The van der Waals surface area contributed by atoms with Crippen LogP contribution in [0.2, 0.25) is 0 Å². The van der Waals surface area contributed by atoms with Gasteiger partial charge in [-0.25, -0.2) is 0 Å². The zero-order valence-electron chi connectivity index (χ0n) is 8.58. The first-order chi connectivity index (χ1) is 6.22. The fourth-order valence-corrected chi connectivity index (χ4v) is 2.14. The van der Waals surface area contributed by atoms with Gasteiger partial charge in [0.15, 0.2) is 0 Å². The van der Waals surface area contributed by atoms with E-state index < -0.39 is 0 Å². The van der Waals surface area contributed by atoms with Gasteiger partial charge in [0.25, 0.3) is 0 Å². The van der Waals surface area contributed by atoms with Crippen LogP contribution in [0.15, 0.2) is 0 Å². The molecule has 78 valence electrons. The van der Waals surface area contributed by atoms with Crippen LogP contribution in [0.5, 0.6) is 0 Å². The molecule has 1 saturated heterocycles. The maximum Gasteiger partial charge on any atom is 0.0434 e. The Morgan fingerprint density at radius 1 is 1.62 bits per heavy atom. The third kappa shape index (κ3) is 4.07. The number of nitrogens with two attached hydrogens (primary N) is 1. The van der Waals surface area contributed by atoms with E-state index in [0.717, 1.165) is 19.5 Å². The van der Waals surface area contributed by atoms with Crippen molar-refractivity contribution in [3.8, 4) is 0 Å². The molecule has 2 atom stereocenters. The fourth-order valence-electron chi connectivity index (χ4n) is 2.14. The molecular formula is C10H22N2O. The first kappa shape index (κ1) is 11.0. The van der Waals surface area contributed by atoms with Gasteiger partial charge in [-0.3, -0.25) is 0 Å². The number of likely N-dealkylation sites (tertiary alicyclic amines) is 1. The molecule has 0 saturated carbocycles. The van der Waals surface area contributed by atoms with Gasteiger partial charge < -0.3 is 15.7 Å². The van der Waals surface area contributed by atoms with Gasteiger partial charge in [0.2, 0.25) is 0 Å². The van der Waals surface area contributed by atoms with Crippen LogP contribution in [-0.4, -0.2) is 42.3 Å². The second-order valence-electron chi connectivity index (χ2n) is 4.26. The lowest BCUT2D eigenvalue weighted by Crippen LogP contribution is -2.42. The molecule has 0 aromatic carbocycles. The normalized spacial score (nSPS) is 27.5. The summed E-state index contributed by atoms with van der Waals surface area (Å²) < 4.78 is 0. The Kier molecular flexibility index (Phi) is 4.70. The van der Waals surface area contributed by atoms with Gasteiger partial charge in [0, 0.05) is 25.7 Å². The molecule has 0 aromatic rings. The highest BCUT2D eigenvalue weighted by Crippen LogP contribution is 2.18. The van der Waals surface area contributed by atoms with E-state index in [-0.39, 0.29) is 6.04 Å². The second-order valence-corrected chi connectivity index (χ2v) is 4.26. The van der Waals surface area contributed by atoms with Crippen molar-refractivity contribution in [1.29, 1.82) is 0 Å². The number of nitrogens with zero attached hydrogens (tertiary/aromatic N) is 1. The monoisotopic (exact) mass is 186 g/mol. The summed E-state index contributed by atoms with van der Waals surface area (Å²) in [6, 6.07) is 0.271. The van der Waals surface area contributed by atoms with Crippen molar-refractivity contribution in [3.63, 3.8) is 0 Å². The number of aliphatic hydroxyl groups is 1. The van der Waals surface area contributed by atoms with Crippen molar-refractivity contribution < 1.29 is 5.11 Å².